The van der Waals surface area contributed by atoms with Crippen molar-refractivity contribution in [1.29, 1.82) is 0 Å². The fourth-order valence-corrected chi connectivity index (χ4v) is 2.64. The molecule has 0 bridgehead atoms. The summed E-state index contributed by atoms with van der Waals surface area (Å²) >= 11 is 3.28. The summed E-state index contributed by atoms with van der Waals surface area (Å²) in [4.78, 5) is 20.4. The summed E-state index contributed by atoms with van der Waals surface area (Å²) in [5.74, 6) is 0.633. The highest BCUT2D eigenvalue weighted by Crippen LogP contribution is 2.27. The Kier molecular flexibility index (Phi) is 3.74. The van der Waals surface area contributed by atoms with Crippen LogP contribution in [-0.2, 0) is 4.74 Å². The molecule has 1 aromatic heterocycles. The maximum absolute atomic E-state index is 11.6. The van der Waals surface area contributed by atoms with Crippen LogP contribution in [0.5, 0.6) is 0 Å². The second kappa shape index (κ2) is 4.99. The highest BCUT2D eigenvalue weighted by atomic mass is 79.9. The van der Waals surface area contributed by atoms with Crippen LogP contribution >= 0.6 is 15.9 Å². The van der Waals surface area contributed by atoms with Gasteiger partial charge >= 0.3 is 0 Å². The fraction of sp³-hybridized carbons (Fsp3) is 0.636. The Bertz CT molecular complexity index is 488. The number of nitrogens with two attached hydrogens (primary N) is 1. The van der Waals surface area contributed by atoms with Crippen molar-refractivity contribution in [2.24, 2.45) is 5.73 Å². The summed E-state index contributed by atoms with van der Waals surface area (Å²) in [6.45, 7) is 5.75. The first-order valence-electron chi connectivity index (χ1n) is 5.79. The molecule has 0 saturated carbocycles. The van der Waals surface area contributed by atoms with E-state index in [9.17, 15) is 4.79 Å². The molecule has 0 amide bonds. The van der Waals surface area contributed by atoms with Gasteiger partial charge in [-0.15, -0.1) is 0 Å². The maximum atomic E-state index is 11.6. The first-order valence-corrected chi connectivity index (χ1v) is 6.58. The lowest BCUT2D eigenvalue weighted by Gasteiger charge is -2.43. The van der Waals surface area contributed by atoms with Crippen LogP contribution < -0.4 is 16.2 Å². The minimum Gasteiger partial charge on any atom is -0.367 e. The van der Waals surface area contributed by atoms with Gasteiger partial charge in [0.25, 0.3) is 5.56 Å². The van der Waals surface area contributed by atoms with Gasteiger partial charge in [-0.05, 0) is 29.8 Å². The van der Waals surface area contributed by atoms with E-state index in [-0.39, 0.29) is 17.3 Å². The molecule has 1 aliphatic heterocycles. The molecule has 0 aromatic carbocycles. The molecule has 7 heteroatoms. The van der Waals surface area contributed by atoms with Crippen molar-refractivity contribution in [2.75, 3.05) is 24.5 Å². The van der Waals surface area contributed by atoms with E-state index in [4.69, 9.17) is 10.5 Å². The van der Waals surface area contributed by atoms with Crippen LogP contribution in [0.3, 0.4) is 0 Å². The second-order valence-electron chi connectivity index (χ2n) is 4.99. The number of morpholine rings is 1. The largest absolute Gasteiger partial charge is 0.367 e. The van der Waals surface area contributed by atoms with Crippen molar-refractivity contribution in [3.05, 3.63) is 21.2 Å². The maximum Gasteiger partial charge on any atom is 0.267 e. The molecule has 2 heterocycles. The number of hydrogen-bond acceptors (Lipinski definition) is 5. The van der Waals surface area contributed by atoms with Gasteiger partial charge in [-0.1, -0.05) is 0 Å². The van der Waals surface area contributed by atoms with Crippen LogP contribution in [0.1, 0.15) is 13.8 Å². The molecule has 3 N–H and O–H groups in total. The van der Waals surface area contributed by atoms with E-state index in [2.05, 4.69) is 25.9 Å². The van der Waals surface area contributed by atoms with Gasteiger partial charge in [0, 0.05) is 19.6 Å². The third-order valence-electron chi connectivity index (χ3n) is 2.82. The molecule has 1 saturated heterocycles. The van der Waals surface area contributed by atoms with E-state index in [1.165, 1.54) is 6.33 Å². The number of H-pyrrole nitrogens is 1. The van der Waals surface area contributed by atoms with Crippen LogP contribution in [0.15, 0.2) is 15.6 Å². The third-order valence-corrected chi connectivity index (χ3v) is 3.54. The van der Waals surface area contributed by atoms with Gasteiger partial charge in [0.15, 0.2) is 5.82 Å². The fourth-order valence-electron chi connectivity index (χ4n) is 2.17. The molecule has 0 spiro atoms. The number of aromatic nitrogens is 2. The Morgan fingerprint density at radius 2 is 2.44 bits per heavy atom. The molecule has 6 nitrogen and oxygen atoms in total. The molecular weight excluding hydrogens is 300 g/mol. The molecule has 1 aliphatic rings. The lowest BCUT2D eigenvalue weighted by molar-refractivity contribution is -0.0790. The van der Waals surface area contributed by atoms with Crippen molar-refractivity contribution < 1.29 is 4.74 Å². The zero-order chi connectivity index (χ0) is 13.3. The highest BCUT2D eigenvalue weighted by Gasteiger charge is 2.34. The van der Waals surface area contributed by atoms with Crippen molar-refractivity contribution in [3.8, 4) is 0 Å². The van der Waals surface area contributed by atoms with E-state index in [1.807, 2.05) is 18.7 Å². The standard InChI is InChI=1S/C11H17BrN4O2/c1-11(2)5-16(4-7(3-13)18-11)9-8(12)10(17)15-6-14-9/h6-7H,3-5,13H2,1-2H3,(H,14,15,17). The normalized spacial score (nSPS) is 23.1. The number of hydrogen-bond donors (Lipinski definition) is 2. The summed E-state index contributed by atoms with van der Waals surface area (Å²) in [5.41, 5.74) is 5.18. The minimum atomic E-state index is -0.313. The van der Waals surface area contributed by atoms with Crippen LogP contribution in [0.25, 0.3) is 0 Å². The monoisotopic (exact) mass is 316 g/mol. The van der Waals surface area contributed by atoms with E-state index < -0.39 is 0 Å². The van der Waals surface area contributed by atoms with Crippen LogP contribution in [0.2, 0.25) is 0 Å². The van der Waals surface area contributed by atoms with E-state index >= 15 is 0 Å². The Morgan fingerprint density at radius 1 is 1.72 bits per heavy atom. The lowest BCUT2D eigenvalue weighted by atomic mass is 10.1. The zero-order valence-electron chi connectivity index (χ0n) is 10.4. The molecule has 1 unspecified atom stereocenters. The summed E-state index contributed by atoms with van der Waals surface area (Å²) in [6, 6.07) is 0. The van der Waals surface area contributed by atoms with Gasteiger partial charge in [-0.2, -0.15) is 0 Å². The summed E-state index contributed by atoms with van der Waals surface area (Å²) in [5, 5.41) is 0. The minimum absolute atomic E-state index is 0.0539. The topological polar surface area (TPSA) is 84.2 Å². The van der Waals surface area contributed by atoms with Crippen molar-refractivity contribution in [2.45, 2.75) is 25.6 Å². The average Bonchev–Trinajstić information content (AvgIpc) is 2.30. The average molecular weight is 317 g/mol. The van der Waals surface area contributed by atoms with Crippen molar-refractivity contribution >= 4 is 21.7 Å². The van der Waals surface area contributed by atoms with E-state index in [0.29, 0.717) is 29.9 Å². The number of ether oxygens (including phenoxy) is 1. The molecule has 1 fully saturated rings. The van der Waals surface area contributed by atoms with Crippen molar-refractivity contribution in [3.63, 3.8) is 0 Å². The van der Waals surface area contributed by atoms with Gasteiger partial charge in [-0.3, -0.25) is 4.79 Å². The number of nitrogens with zero attached hydrogens (tertiary/aromatic N) is 2. The Balaban J connectivity index is 2.32. The second-order valence-corrected chi connectivity index (χ2v) is 5.78. The molecule has 18 heavy (non-hydrogen) atoms. The van der Waals surface area contributed by atoms with Gasteiger partial charge in [-0.25, -0.2) is 4.98 Å². The van der Waals surface area contributed by atoms with Crippen LogP contribution in [-0.4, -0.2) is 41.3 Å². The number of halogens is 1. The number of aromatic amines is 1. The summed E-state index contributed by atoms with van der Waals surface area (Å²) < 4.78 is 6.29. The predicted molar refractivity (Wildman–Crippen MR) is 72.8 cm³/mol. The third kappa shape index (κ3) is 2.73. The Hall–Kier alpha value is -0.920. The molecular formula is C11H17BrN4O2. The summed E-state index contributed by atoms with van der Waals surface area (Å²) in [6.07, 6.45) is 1.35. The lowest BCUT2D eigenvalue weighted by Crippen LogP contribution is -2.55. The molecule has 0 radical (unpaired) electrons. The Morgan fingerprint density at radius 3 is 3.11 bits per heavy atom. The molecule has 1 atom stereocenters. The Labute approximate surface area is 114 Å². The molecule has 1 aromatic rings. The van der Waals surface area contributed by atoms with Crippen LogP contribution in [0, 0.1) is 0 Å². The first kappa shape index (κ1) is 13.5. The van der Waals surface area contributed by atoms with Crippen LogP contribution in [0.4, 0.5) is 5.82 Å². The summed E-state index contributed by atoms with van der Waals surface area (Å²) in [7, 11) is 0. The van der Waals surface area contributed by atoms with Gasteiger partial charge in [0.1, 0.15) is 4.47 Å². The molecule has 2 rings (SSSR count). The quantitative estimate of drug-likeness (QED) is 0.829. The van der Waals surface area contributed by atoms with Gasteiger partial charge in [0.2, 0.25) is 0 Å². The SMILES string of the molecule is CC1(C)CN(c2nc[nH]c(=O)c2Br)CC(CN)O1. The van der Waals surface area contributed by atoms with Gasteiger partial charge in [0.05, 0.1) is 18.0 Å². The number of anilines is 1. The number of nitrogens with one attached hydrogen (secondary N) is 1. The predicted octanol–water partition coefficient (Wildman–Crippen LogP) is 0.475. The first-order chi connectivity index (χ1) is 8.43. The highest BCUT2D eigenvalue weighted by molar-refractivity contribution is 9.10. The zero-order valence-corrected chi connectivity index (χ0v) is 12.0. The van der Waals surface area contributed by atoms with Gasteiger partial charge < -0.3 is 20.4 Å². The van der Waals surface area contributed by atoms with E-state index in [1.54, 1.807) is 0 Å². The van der Waals surface area contributed by atoms with Crippen molar-refractivity contribution in [1.82, 2.24) is 9.97 Å². The molecule has 0 aliphatic carbocycles. The van der Waals surface area contributed by atoms with E-state index in [0.717, 1.165) is 0 Å². The smallest absolute Gasteiger partial charge is 0.267 e. The number of rotatable bonds is 2. The molecule has 100 valence electrons.